The normalized spacial score (nSPS) is 17.0. The lowest BCUT2D eigenvalue weighted by atomic mass is 9.96. The second-order valence-electron chi connectivity index (χ2n) is 7.23. The summed E-state index contributed by atoms with van der Waals surface area (Å²) in [6, 6.07) is 2.03. The van der Waals surface area contributed by atoms with E-state index in [4.69, 9.17) is 4.52 Å². The Morgan fingerprint density at radius 1 is 1.48 bits per heavy atom. The first-order valence-corrected chi connectivity index (χ1v) is 9.33. The first-order valence-electron chi connectivity index (χ1n) is 9.33. The molecule has 1 unspecified atom stereocenters. The van der Waals surface area contributed by atoms with Crippen molar-refractivity contribution in [2.75, 3.05) is 26.7 Å². The molecule has 1 atom stereocenters. The van der Waals surface area contributed by atoms with Gasteiger partial charge in [-0.15, -0.1) is 12.4 Å². The number of hydrogen-bond donors (Lipinski definition) is 1. The Morgan fingerprint density at radius 3 is 2.96 bits per heavy atom. The minimum atomic E-state index is 0. The van der Waals surface area contributed by atoms with Crippen LogP contribution >= 0.6 is 12.4 Å². The maximum Gasteiger partial charge on any atom is 0.244 e. The fraction of sp³-hybridized carbons (Fsp3) is 0.667. The number of halogens is 1. The monoisotopic (exact) mass is 396 g/mol. The second-order valence-corrected chi connectivity index (χ2v) is 7.23. The van der Waals surface area contributed by atoms with E-state index in [1.165, 1.54) is 0 Å². The molecule has 0 bridgehead atoms. The molecule has 1 aliphatic heterocycles. The molecule has 0 aromatic carbocycles. The summed E-state index contributed by atoms with van der Waals surface area (Å²) in [6.07, 6.45) is 4.66. The molecule has 1 fully saturated rings. The van der Waals surface area contributed by atoms with Gasteiger partial charge in [-0.05, 0) is 25.5 Å². The van der Waals surface area contributed by atoms with Crippen molar-refractivity contribution in [1.29, 1.82) is 0 Å². The molecular formula is C18H29ClN6O2. The minimum absolute atomic E-state index is 0. The molecule has 2 aromatic heterocycles. The van der Waals surface area contributed by atoms with E-state index >= 15 is 0 Å². The maximum atomic E-state index is 12.6. The zero-order valence-corrected chi connectivity index (χ0v) is 17.0. The Morgan fingerprint density at radius 2 is 2.30 bits per heavy atom. The van der Waals surface area contributed by atoms with Crippen molar-refractivity contribution in [3.63, 3.8) is 0 Å². The minimum Gasteiger partial charge on any atom is -0.344 e. The number of aromatic nitrogens is 4. The third-order valence-corrected chi connectivity index (χ3v) is 4.82. The highest BCUT2D eigenvalue weighted by molar-refractivity contribution is 5.85. The Balaban J connectivity index is 0.00000261. The molecule has 0 spiro atoms. The van der Waals surface area contributed by atoms with Gasteiger partial charge in [-0.25, -0.2) is 0 Å². The molecule has 2 aromatic rings. The molecular weight excluding hydrogens is 368 g/mol. The predicted molar refractivity (Wildman–Crippen MR) is 104 cm³/mol. The molecule has 8 nitrogen and oxygen atoms in total. The molecule has 27 heavy (non-hydrogen) atoms. The van der Waals surface area contributed by atoms with Crippen LogP contribution in [0.4, 0.5) is 0 Å². The molecule has 3 rings (SSSR count). The lowest BCUT2D eigenvalue weighted by molar-refractivity contribution is -0.130. The first kappa shape index (κ1) is 21.4. The summed E-state index contributed by atoms with van der Waals surface area (Å²) in [5, 5.41) is 11.7. The number of nitrogens with one attached hydrogen (secondary N) is 1. The highest BCUT2D eigenvalue weighted by Gasteiger charge is 2.21. The summed E-state index contributed by atoms with van der Waals surface area (Å²) < 4.78 is 7.04. The Bertz CT molecular complexity index is 723. The van der Waals surface area contributed by atoms with Gasteiger partial charge >= 0.3 is 0 Å². The second kappa shape index (κ2) is 9.85. The maximum absolute atomic E-state index is 12.6. The van der Waals surface area contributed by atoms with Gasteiger partial charge in [-0.3, -0.25) is 9.48 Å². The SMILES string of the molecule is CC(C)c1nc(CCN(C)C(=O)Cn2nccc2C2CCCNC2)no1.Cl. The number of hydrogen-bond acceptors (Lipinski definition) is 6. The lowest BCUT2D eigenvalue weighted by Gasteiger charge is -2.24. The van der Waals surface area contributed by atoms with Gasteiger partial charge < -0.3 is 14.7 Å². The van der Waals surface area contributed by atoms with Crippen LogP contribution in [0.25, 0.3) is 0 Å². The zero-order chi connectivity index (χ0) is 18.5. The van der Waals surface area contributed by atoms with Crippen LogP contribution in [0.15, 0.2) is 16.8 Å². The van der Waals surface area contributed by atoms with Crippen molar-refractivity contribution in [1.82, 2.24) is 30.1 Å². The van der Waals surface area contributed by atoms with Crippen LogP contribution in [-0.2, 0) is 17.8 Å². The van der Waals surface area contributed by atoms with E-state index in [-0.39, 0.29) is 30.8 Å². The van der Waals surface area contributed by atoms with Gasteiger partial charge in [0.25, 0.3) is 0 Å². The van der Waals surface area contributed by atoms with Crippen molar-refractivity contribution in [3.05, 3.63) is 29.7 Å². The van der Waals surface area contributed by atoms with E-state index < -0.39 is 0 Å². The van der Waals surface area contributed by atoms with E-state index in [2.05, 4.69) is 20.6 Å². The Hall–Kier alpha value is -1.93. The smallest absolute Gasteiger partial charge is 0.244 e. The fourth-order valence-electron chi connectivity index (χ4n) is 3.17. The summed E-state index contributed by atoms with van der Waals surface area (Å²) >= 11 is 0. The van der Waals surface area contributed by atoms with Gasteiger partial charge in [0.15, 0.2) is 5.82 Å². The summed E-state index contributed by atoms with van der Waals surface area (Å²) in [5.74, 6) is 1.95. The van der Waals surface area contributed by atoms with Gasteiger partial charge in [-0.1, -0.05) is 19.0 Å². The number of amides is 1. The van der Waals surface area contributed by atoms with Crippen LogP contribution in [0.3, 0.4) is 0 Å². The quantitative estimate of drug-likeness (QED) is 0.769. The summed E-state index contributed by atoms with van der Waals surface area (Å²) in [4.78, 5) is 18.6. The molecule has 9 heteroatoms. The van der Waals surface area contributed by atoms with Crippen molar-refractivity contribution in [2.45, 2.75) is 51.5 Å². The topological polar surface area (TPSA) is 89.1 Å². The van der Waals surface area contributed by atoms with E-state index in [1.54, 1.807) is 18.1 Å². The van der Waals surface area contributed by atoms with Crippen molar-refractivity contribution in [2.24, 2.45) is 0 Å². The number of carbonyl (C=O) groups is 1. The molecule has 1 aliphatic rings. The molecule has 1 N–H and O–H groups in total. The molecule has 0 saturated carbocycles. The van der Waals surface area contributed by atoms with Crippen molar-refractivity contribution in [3.8, 4) is 0 Å². The summed E-state index contributed by atoms with van der Waals surface area (Å²) in [7, 11) is 1.80. The van der Waals surface area contributed by atoms with Crippen LogP contribution in [-0.4, -0.2) is 57.4 Å². The van der Waals surface area contributed by atoms with Crippen LogP contribution in [0, 0.1) is 0 Å². The highest BCUT2D eigenvalue weighted by Crippen LogP contribution is 2.22. The number of piperidine rings is 1. The van der Waals surface area contributed by atoms with Crippen molar-refractivity contribution < 1.29 is 9.32 Å². The van der Waals surface area contributed by atoms with E-state index in [0.717, 1.165) is 31.6 Å². The average molecular weight is 397 g/mol. The standard InChI is InChI=1S/C18H28N6O2.ClH/c1-13(2)18-21-16(22-26-18)7-10-23(3)17(25)12-24-15(6-9-20-24)14-5-4-8-19-11-14;/h6,9,13-14,19H,4-5,7-8,10-12H2,1-3H3;1H. The Kier molecular flexibility index (Phi) is 7.79. The lowest BCUT2D eigenvalue weighted by Crippen LogP contribution is -2.34. The Labute approximate surface area is 166 Å². The third kappa shape index (κ3) is 5.52. The molecule has 0 radical (unpaired) electrons. The van der Waals surface area contributed by atoms with Crippen LogP contribution in [0.2, 0.25) is 0 Å². The van der Waals surface area contributed by atoms with E-state index in [9.17, 15) is 4.79 Å². The zero-order valence-electron chi connectivity index (χ0n) is 16.2. The molecule has 1 saturated heterocycles. The molecule has 150 valence electrons. The van der Waals surface area contributed by atoms with E-state index in [0.29, 0.717) is 30.6 Å². The summed E-state index contributed by atoms with van der Waals surface area (Å²) in [6.45, 7) is 6.86. The number of likely N-dealkylation sites (N-methyl/N-ethyl adjacent to an activating group) is 1. The molecule has 0 aliphatic carbocycles. The van der Waals surface area contributed by atoms with Crippen LogP contribution < -0.4 is 5.32 Å². The number of rotatable bonds is 7. The fourth-order valence-corrected chi connectivity index (χ4v) is 3.17. The van der Waals surface area contributed by atoms with Gasteiger partial charge in [0, 0.05) is 50.3 Å². The number of carbonyl (C=O) groups excluding carboxylic acids is 1. The van der Waals surface area contributed by atoms with Gasteiger partial charge in [-0.2, -0.15) is 10.1 Å². The predicted octanol–water partition coefficient (Wildman–Crippen LogP) is 1.98. The van der Waals surface area contributed by atoms with Crippen LogP contribution in [0.5, 0.6) is 0 Å². The highest BCUT2D eigenvalue weighted by atomic mass is 35.5. The molecule has 1 amide bonds. The van der Waals surface area contributed by atoms with Crippen LogP contribution in [0.1, 0.15) is 55.9 Å². The largest absolute Gasteiger partial charge is 0.344 e. The first-order chi connectivity index (χ1) is 12.5. The average Bonchev–Trinajstić information content (AvgIpc) is 3.29. The number of nitrogens with zero attached hydrogens (tertiary/aromatic N) is 5. The van der Waals surface area contributed by atoms with E-state index in [1.807, 2.05) is 24.6 Å². The third-order valence-electron chi connectivity index (χ3n) is 4.82. The van der Waals surface area contributed by atoms with Crippen molar-refractivity contribution >= 4 is 18.3 Å². The van der Waals surface area contributed by atoms with Gasteiger partial charge in [0.1, 0.15) is 6.54 Å². The van der Waals surface area contributed by atoms with Gasteiger partial charge in [0.2, 0.25) is 11.8 Å². The molecule has 3 heterocycles. The van der Waals surface area contributed by atoms with Gasteiger partial charge in [0.05, 0.1) is 0 Å². The summed E-state index contributed by atoms with van der Waals surface area (Å²) in [5.41, 5.74) is 1.14.